The number of carbonyl (C=O) groups excluding carboxylic acids is 1. The summed E-state index contributed by atoms with van der Waals surface area (Å²) in [5.74, 6) is -1.41. The summed E-state index contributed by atoms with van der Waals surface area (Å²) in [6, 6.07) is 10.1. The van der Waals surface area contributed by atoms with E-state index in [-0.39, 0.29) is 5.69 Å². The van der Waals surface area contributed by atoms with Crippen molar-refractivity contribution in [1.29, 1.82) is 0 Å². The monoisotopic (exact) mass is 352 g/mol. The molecule has 0 radical (unpaired) electrons. The number of nitrogens with zero attached hydrogens (tertiary/aromatic N) is 1. The summed E-state index contributed by atoms with van der Waals surface area (Å²) in [4.78, 5) is 21.7. The van der Waals surface area contributed by atoms with Gasteiger partial charge in [0.1, 0.15) is 0 Å². The average molecular weight is 353 g/mol. The third-order valence-corrected chi connectivity index (χ3v) is 3.42. The molecule has 7 heteroatoms. The van der Waals surface area contributed by atoms with Crippen molar-refractivity contribution in [3.8, 4) is 0 Å². The van der Waals surface area contributed by atoms with Crippen LogP contribution in [-0.4, -0.2) is 10.8 Å². The van der Waals surface area contributed by atoms with E-state index in [1.165, 1.54) is 6.07 Å². The van der Waals surface area contributed by atoms with Gasteiger partial charge in [0.2, 0.25) is 5.82 Å². The topological polar surface area (TPSA) is 72.2 Å². The number of nitro benzene ring substituents is 1. The quantitative estimate of drug-likeness (QED) is 0.515. The summed E-state index contributed by atoms with van der Waals surface area (Å²) in [7, 11) is 0. The van der Waals surface area contributed by atoms with Gasteiger partial charge in [-0.05, 0) is 23.8 Å². The molecule has 0 aliphatic heterocycles. The van der Waals surface area contributed by atoms with E-state index < -0.39 is 22.3 Å². The molecule has 21 heavy (non-hydrogen) atoms. The molecule has 0 saturated heterocycles. The summed E-state index contributed by atoms with van der Waals surface area (Å²) >= 11 is 3.30. The van der Waals surface area contributed by atoms with Crippen molar-refractivity contribution < 1.29 is 14.1 Å². The Balaban J connectivity index is 2.15. The zero-order valence-electron chi connectivity index (χ0n) is 10.7. The fourth-order valence-electron chi connectivity index (χ4n) is 1.68. The van der Waals surface area contributed by atoms with Crippen LogP contribution in [0.2, 0.25) is 0 Å². The molecule has 0 aliphatic rings. The number of halogens is 2. The number of nitro groups is 1. The number of anilines is 1. The molecule has 0 aliphatic carbocycles. The second-order valence-electron chi connectivity index (χ2n) is 4.21. The predicted octanol–water partition coefficient (Wildman–Crippen LogP) is 3.88. The molecule has 0 unspecified atom stereocenters. The Kier molecular flexibility index (Phi) is 4.64. The van der Waals surface area contributed by atoms with Gasteiger partial charge >= 0.3 is 5.69 Å². The minimum atomic E-state index is -0.993. The van der Waals surface area contributed by atoms with Gasteiger partial charge < -0.3 is 5.32 Å². The molecule has 2 aromatic carbocycles. The summed E-state index contributed by atoms with van der Waals surface area (Å²) in [6.07, 6.45) is 0. The van der Waals surface area contributed by atoms with E-state index in [0.717, 1.165) is 17.7 Å². The highest BCUT2D eigenvalue weighted by molar-refractivity contribution is 9.08. The van der Waals surface area contributed by atoms with E-state index in [1.54, 1.807) is 24.3 Å². The molecule has 0 fully saturated rings. The Hall–Kier alpha value is -2.28. The van der Waals surface area contributed by atoms with Gasteiger partial charge in [0.15, 0.2) is 0 Å². The van der Waals surface area contributed by atoms with Gasteiger partial charge in [-0.15, -0.1) is 0 Å². The lowest BCUT2D eigenvalue weighted by atomic mass is 10.1. The van der Waals surface area contributed by atoms with Crippen LogP contribution in [0.15, 0.2) is 42.5 Å². The van der Waals surface area contributed by atoms with Gasteiger partial charge in [-0.2, -0.15) is 4.39 Å². The van der Waals surface area contributed by atoms with Crippen molar-refractivity contribution in [2.45, 2.75) is 5.33 Å². The predicted molar refractivity (Wildman–Crippen MR) is 80.1 cm³/mol. The highest BCUT2D eigenvalue weighted by Gasteiger charge is 2.15. The van der Waals surface area contributed by atoms with Gasteiger partial charge in [-0.1, -0.05) is 28.1 Å². The zero-order chi connectivity index (χ0) is 15.4. The minimum absolute atomic E-state index is 0.160. The summed E-state index contributed by atoms with van der Waals surface area (Å²) in [6.45, 7) is 0. The van der Waals surface area contributed by atoms with Gasteiger partial charge in [-0.25, -0.2) is 0 Å². The molecule has 5 nitrogen and oxygen atoms in total. The zero-order valence-corrected chi connectivity index (χ0v) is 12.3. The van der Waals surface area contributed by atoms with Crippen molar-refractivity contribution >= 4 is 33.2 Å². The molecule has 0 heterocycles. The number of carbonyl (C=O) groups is 1. The van der Waals surface area contributed by atoms with E-state index in [2.05, 4.69) is 21.2 Å². The van der Waals surface area contributed by atoms with Gasteiger partial charge in [0.05, 0.1) is 4.92 Å². The Morgan fingerprint density at radius 2 is 1.90 bits per heavy atom. The largest absolute Gasteiger partial charge is 0.322 e. The lowest BCUT2D eigenvalue weighted by Gasteiger charge is -2.06. The van der Waals surface area contributed by atoms with E-state index in [9.17, 15) is 19.3 Å². The Morgan fingerprint density at radius 1 is 1.24 bits per heavy atom. The summed E-state index contributed by atoms with van der Waals surface area (Å²) in [5.41, 5.74) is 0.966. The fourth-order valence-corrected chi connectivity index (χ4v) is 2.06. The second kappa shape index (κ2) is 6.45. The highest BCUT2D eigenvalue weighted by atomic mass is 79.9. The third-order valence-electron chi connectivity index (χ3n) is 2.77. The van der Waals surface area contributed by atoms with Crippen LogP contribution in [-0.2, 0) is 5.33 Å². The maximum absolute atomic E-state index is 13.5. The van der Waals surface area contributed by atoms with Crippen LogP contribution >= 0.6 is 15.9 Å². The first-order chi connectivity index (χ1) is 10.0. The molecule has 0 bridgehead atoms. The summed E-state index contributed by atoms with van der Waals surface area (Å²) < 4.78 is 13.5. The molecular weight excluding hydrogens is 343 g/mol. The smallest absolute Gasteiger partial charge is 0.304 e. The van der Waals surface area contributed by atoms with Crippen LogP contribution in [0.1, 0.15) is 15.9 Å². The molecule has 2 aromatic rings. The normalized spacial score (nSPS) is 10.2. The lowest BCUT2D eigenvalue weighted by Crippen LogP contribution is -2.12. The van der Waals surface area contributed by atoms with Crippen LogP contribution in [0.4, 0.5) is 15.8 Å². The van der Waals surface area contributed by atoms with E-state index in [0.29, 0.717) is 10.9 Å². The molecule has 2 rings (SSSR count). The van der Waals surface area contributed by atoms with E-state index >= 15 is 0 Å². The first kappa shape index (κ1) is 15.1. The van der Waals surface area contributed by atoms with Crippen LogP contribution in [0.25, 0.3) is 0 Å². The first-order valence-corrected chi connectivity index (χ1v) is 7.03. The molecular formula is C14H10BrFN2O3. The van der Waals surface area contributed by atoms with Crippen molar-refractivity contribution in [2.24, 2.45) is 0 Å². The Morgan fingerprint density at radius 3 is 2.43 bits per heavy atom. The number of benzene rings is 2. The summed E-state index contributed by atoms with van der Waals surface area (Å²) in [5, 5.41) is 13.7. The van der Waals surface area contributed by atoms with E-state index in [4.69, 9.17) is 0 Å². The molecule has 108 valence electrons. The number of alkyl halides is 1. The van der Waals surface area contributed by atoms with Crippen molar-refractivity contribution in [3.05, 3.63) is 69.5 Å². The van der Waals surface area contributed by atoms with Crippen LogP contribution in [0, 0.1) is 15.9 Å². The van der Waals surface area contributed by atoms with E-state index in [1.807, 2.05) is 0 Å². The van der Waals surface area contributed by atoms with Crippen molar-refractivity contribution in [3.63, 3.8) is 0 Å². The number of hydrogen-bond acceptors (Lipinski definition) is 3. The third kappa shape index (κ3) is 3.63. The maximum atomic E-state index is 13.5. The van der Waals surface area contributed by atoms with Crippen LogP contribution < -0.4 is 5.32 Å². The molecule has 1 amide bonds. The molecule has 0 saturated carbocycles. The van der Waals surface area contributed by atoms with Crippen LogP contribution in [0.5, 0.6) is 0 Å². The maximum Gasteiger partial charge on any atom is 0.304 e. The second-order valence-corrected chi connectivity index (χ2v) is 4.77. The lowest BCUT2D eigenvalue weighted by molar-refractivity contribution is -0.387. The van der Waals surface area contributed by atoms with Crippen LogP contribution in [0.3, 0.4) is 0 Å². The number of hydrogen-bond donors (Lipinski definition) is 1. The molecule has 1 N–H and O–H groups in total. The van der Waals surface area contributed by atoms with Gasteiger partial charge in [0, 0.05) is 28.7 Å². The molecule has 0 aromatic heterocycles. The van der Waals surface area contributed by atoms with Gasteiger partial charge in [-0.3, -0.25) is 14.9 Å². The number of nitrogens with one attached hydrogen (secondary N) is 1. The van der Waals surface area contributed by atoms with Crippen molar-refractivity contribution in [2.75, 3.05) is 5.32 Å². The Labute approximate surface area is 128 Å². The standard InChI is InChI=1S/C14H10BrFN2O3/c15-8-9-1-3-10(4-2-9)14(19)17-11-5-6-13(18(20)21)12(16)7-11/h1-7H,8H2,(H,17,19). The molecule has 0 atom stereocenters. The number of amides is 1. The van der Waals surface area contributed by atoms with Crippen molar-refractivity contribution in [1.82, 2.24) is 0 Å². The van der Waals surface area contributed by atoms with Gasteiger partial charge in [0.25, 0.3) is 5.91 Å². The molecule has 0 spiro atoms. The minimum Gasteiger partial charge on any atom is -0.322 e. The first-order valence-electron chi connectivity index (χ1n) is 5.91. The Bertz CT molecular complexity index is 689. The average Bonchev–Trinajstić information content (AvgIpc) is 2.47. The fraction of sp³-hybridized carbons (Fsp3) is 0.0714. The number of rotatable bonds is 4. The highest BCUT2D eigenvalue weighted by Crippen LogP contribution is 2.21. The SMILES string of the molecule is O=C(Nc1ccc([N+](=O)[O-])c(F)c1)c1ccc(CBr)cc1.